The van der Waals surface area contributed by atoms with Crippen molar-refractivity contribution >= 4 is 17.5 Å². The number of methoxy groups -OCH3 is 1. The molecule has 21 heavy (non-hydrogen) atoms. The lowest BCUT2D eigenvalue weighted by Gasteiger charge is -2.11. The summed E-state index contributed by atoms with van der Waals surface area (Å²) in [6, 6.07) is 1.60. The molecule has 0 saturated heterocycles. The van der Waals surface area contributed by atoms with E-state index in [0.29, 0.717) is 13.2 Å². The number of hydrogen-bond acceptors (Lipinski definition) is 5. The van der Waals surface area contributed by atoms with Gasteiger partial charge in [0.2, 0.25) is 5.91 Å². The minimum atomic E-state index is -4.50. The highest BCUT2D eigenvalue weighted by Gasteiger charge is 2.31. The Morgan fingerprint density at radius 1 is 1.38 bits per heavy atom. The van der Waals surface area contributed by atoms with Gasteiger partial charge in [0.15, 0.2) is 0 Å². The zero-order valence-electron chi connectivity index (χ0n) is 11.5. The van der Waals surface area contributed by atoms with E-state index in [1.54, 1.807) is 0 Å². The predicted octanol–water partition coefficient (Wildman–Crippen LogP) is 1.25. The van der Waals surface area contributed by atoms with Crippen LogP contribution in [-0.4, -0.2) is 37.7 Å². The Morgan fingerprint density at radius 3 is 2.71 bits per heavy atom. The Hall–Kier alpha value is -2.03. The van der Waals surface area contributed by atoms with Gasteiger partial charge in [-0.25, -0.2) is 4.98 Å². The molecule has 0 saturated carbocycles. The Labute approximate surface area is 119 Å². The van der Waals surface area contributed by atoms with Crippen molar-refractivity contribution in [1.82, 2.24) is 10.3 Å². The number of nitrogens with one attached hydrogen (secondary N) is 2. The summed E-state index contributed by atoms with van der Waals surface area (Å²) in [6.45, 7) is 0.918. The summed E-state index contributed by atoms with van der Waals surface area (Å²) in [5, 5.41) is 5.22. The number of carbonyl (C=O) groups excluding carboxylic acids is 1. The molecule has 0 aromatic carbocycles. The van der Waals surface area contributed by atoms with Crippen molar-refractivity contribution < 1.29 is 22.7 Å². The molecule has 6 nitrogen and oxygen atoms in total. The van der Waals surface area contributed by atoms with E-state index in [2.05, 4.69) is 15.6 Å². The maximum absolute atomic E-state index is 12.6. The van der Waals surface area contributed by atoms with Crippen LogP contribution in [0.2, 0.25) is 0 Å². The van der Waals surface area contributed by atoms with Crippen LogP contribution in [0, 0.1) is 0 Å². The number of alkyl halides is 3. The molecule has 1 aromatic heterocycles. The molecule has 118 valence electrons. The number of anilines is 2. The van der Waals surface area contributed by atoms with Gasteiger partial charge >= 0.3 is 6.18 Å². The quantitative estimate of drug-likeness (QED) is 0.660. The number of nitrogens with two attached hydrogens (primary N) is 1. The molecule has 0 aliphatic rings. The summed E-state index contributed by atoms with van der Waals surface area (Å²) >= 11 is 0. The lowest BCUT2D eigenvalue weighted by molar-refractivity contribution is -0.137. The van der Waals surface area contributed by atoms with Crippen molar-refractivity contribution in [1.29, 1.82) is 0 Å². The molecule has 0 spiro atoms. The van der Waals surface area contributed by atoms with Crippen LogP contribution in [0.3, 0.4) is 0 Å². The van der Waals surface area contributed by atoms with Crippen molar-refractivity contribution in [3.63, 3.8) is 0 Å². The van der Waals surface area contributed by atoms with Crippen LogP contribution in [-0.2, 0) is 15.7 Å². The summed E-state index contributed by atoms with van der Waals surface area (Å²) in [4.78, 5) is 15.1. The zero-order chi connectivity index (χ0) is 15.9. The fourth-order valence-corrected chi connectivity index (χ4v) is 1.49. The minimum Gasteiger partial charge on any atom is -0.384 e. The van der Waals surface area contributed by atoms with E-state index < -0.39 is 11.7 Å². The number of pyridine rings is 1. The number of hydrogen-bond donors (Lipinski definition) is 3. The first-order chi connectivity index (χ1) is 9.82. The van der Waals surface area contributed by atoms with E-state index >= 15 is 0 Å². The predicted molar refractivity (Wildman–Crippen MR) is 71.6 cm³/mol. The SMILES string of the molecule is COCCNC(=O)CCNc1cc(C(F)(F)F)cc(N)n1. The number of halogens is 3. The van der Waals surface area contributed by atoms with Gasteiger partial charge in [0.1, 0.15) is 11.6 Å². The highest BCUT2D eigenvalue weighted by Crippen LogP contribution is 2.31. The smallest absolute Gasteiger partial charge is 0.384 e. The fraction of sp³-hybridized carbons (Fsp3) is 0.500. The lowest BCUT2D eigenvalue weighted by atomic mass is 10.2. The van der Waals surface area contributed by atoms with Crippen molar-refractivity contribution in [2.24, 2.45) is 0 Å². The van der Waals surface area contributed by atoms with Gasteiger partial charge in [0.25, 0.3) is 0 Å². The van der Waals surface area contributed by atoms with Gasteiger partial charge in [-0.15, -0.1) is 0 Å². The number of nitrogen functional groups attached to an aromatic ring is 1. The highest BCUT2D eigenvalue weighted by molar-refractivity contribution is 5.76. The first kappa shape index (κ1) is 17.0. The number of aromatic nitrogens is 1. The van der Waals surface area contributed by atoms with Crippen molar-refractivity contribution in [3.05, 3.63) is 17.7 Å². The Morgan fingerprint density at radius 2 is 2.10 bits per heavy atom. The van der Waals surface area contributed by atoms with Gasteiger partial charge in [-0.2, -0.15) is 13.2 Å². The third-order valence-electron chi connectivity index (χ3n) is 2.46. The molecule has 0 aliphatic carbocycles. The third-order valence-corrected chi connectivity index (χ3v) is 2.46. The standard InChI is InChI=1S/C12H17F3N4O2/c1-21-5-4-18-11(20)2-3-17-10-7-8(12(13,14)15)6-9(16)19-10/h6-7H,2-5H2,1H3,(H,18,20)(H3,16,17,19). The number of rotatable bonds is 7. The van der Waals surface area contributed by atoms with E-state index in [1.807, 2.05) is 0 Å². The van der Waals surface area contributed by atoms with Crippen LogP contribution in [0.5, 0.6) is 0 Å². The van der Waals surface area contributed by atoms with Gasteiger partial charge in [-0.1, -0.05) is 0 Å². The molecule has 0 radical (unpaired) electrons. The molecular weight excluding hydrogens is 289 g/mol. The van der Waals surface area contributed by atoms with Crippen LogP contribution in [0.4, 0.5) is 24.8 Å². The maximum atomic E-state index is 12.6. The molecule has 1 amide bonds. The molecule has 0 unspecified atom stereocenters. The molecule has 9 heteroatoms. The summed E-state index contributed by atoms with van der Waals surface area (Å²) in [5.74, 6) is -0.497. The van der Waals surface area contributed by atoms with E-state index in [9.17, 15) is 18.0 Å². The second-order valence-corrected chi connectivity index (χ2v) is 4.18. The van der Waals surface area contributed by atoms with Crippen LogP contribution >= 0.6 is 0 Å². The summed E-state index contributed by atoms with van der Waals surface area (Å²) in [6.07, 6.45) is -4.40. The van der Waals surface area contributed by atoms with Crippen LogP contribution < -0.4 is 16.4 Å². The first-order valence-electron chi connectivity index (χ1n) is 6.17. The fourth-order valence-electron chi connectivity index (χ4n) is 1.49. The molecule has 0 aliphatic heterocycles. The summed E-state index contributed by atoms with van der Waals surface area (Å²) < 4.78 is 42.5. The van der Waals surface area contributed by atoms with Crippen molar-refractivity contribution in [2.45, 2.75) is 12.6 Å². The molecule has 0 atom stereocenters. The van der Waals surface area contributed by atoms with Crippen LogP contribution in [0.25, 0.3) is 0 Å². The average molecular weight is 306 g/mol. The molecule has 1 rings (SSSR count). The van der Waals surface area contributed by atoms with E-state index in [-0.39, 0.29) is 30.5 Å². The Kier molecular flexibility index (Phi) is 6.22. The Bertz CT molecular complexity index is 480. The van der Waals surface area contributed by atoms with E-state index in [0.717, 1.165) is 12.1 Å². The van der Waals surface area contributed by atoms with Gasteiger partial charge in [0, 0.05) is 26.6 Å². The number of carbonyl (C=O) groups is 1. The van der Waals surface area contributed by atoms with E-state index in [4.69, 9.17) is 10.5 Å². The normalized spacial score (nSPS) is 11.2. The van der Waals surface area contributed by atoms with Crippen molar-refractivity contribution in [2.75, 3.05) is 37.9 Å². The van der Waals surface area contributed by atoms with Gasteiger partial charge in [0.05, 0.1) is 12.2 Å². The second-order valence-electron chi connectivity index (χ2n) is 4.18. The third kappa shape index (κ3) is 6.30. The Balaban J connectivity index is 2.49. The number of ether oxygens (including phenoxy) is 1. The molecule has 4 N–H and O–H groups in total. The minimum absolute atomic E-state index is 0.0213. The zero-order valence-corrected chi connectivity index (χ0v) is 11.5. The van der Waals surface area contributed by atoms with Crippen LogP contribution in [0.15, 0.2) is 12.1 Å². The molecule has 1 aromatic rings. The van der Waals surface area contributed by atoms with Crippen molar-refractivity contribution in [3.8, 4) is 0 Å². The van der Waals surface area contributed by atoms with Gasteiger partial charge in [-0.3, -0.25) is 4.79 Å². The average Bonchev–Trinajstić information content (AvgIpc) is 2.37. The van der Waals surface area contributed by atoms with Crippen LogP contribution in [0.1, 0.15) is 12.0 Å². The second kappa shape index (κ2) is 7.67. The number of nitrogens with zero attached hydrogens (tertiary/aromatic N) is 1. The van der Waals surface area contributed by atoms with Gasteiger partial charge in [-0.05, 0) is 12.1 Å². The highest BCUT2D eigenvalue weighted by atomic mass is 19.4. The molecule has 0 fully saturated rings. The van der Waals surface area contributed by atoms with Gasteiger partial charge < -0.3 is 21.1 Å². The molecule has 1 heterocycles. The summed E-state index contributed by atoms with van der Waals surface area (Å²) in [5.41, 5.74) is 4.44. The number of amides is 1. The summed E-state index contributed by atoms with van der Waals surface area (Å²) in [7, 11) is 1.51. The lowest BCUT2D eigenvalue weighted by Crippen LogP contribution is -2.28. The maximum Gasteiger partial charge on any atom is 0.416 e. The van der Waals surface area contributed by atoms with E-state index in [1.165, 1.54) is 7.11 Å². The molecule has 0 bridgehead atoms. The monoisotopic (exact) mass is 306 g/mol. The topological polar surface area (TPSA) is 89.3 Å². The molecular formula is C12H17F3N4O2. The first-order valence-corrected chi connectivity index (χ1v) is 6.17. The largest absolute Gasteiger partial charge is 0.416 e.